The Morgan fingerprint density at radius 2 is 1.84 bits per heavy atom. The molecule has 2 aromatic carbocycles. The smallest absolute Gasteiger partial charge is 0.0479 e. The Balaban J connectivity index is 2.05. The van der Waals surface area contributed by atoms with Crippen molar-refractivity contribution < 1.29 is 0 Å². The second-order valence-electron chi connectivity index (χ2n) is 4.75. The van der Waals surface area contributed by atoms with Crippen LogP contribution < -0.4 is 5.73 Å². The summed E-state index contributed by atoms with van der Waals surface area (Å²) < 4.78 is 0. The molecule has 0 bridgehead atoms. The van der Waals surface area contributed by atoms with E-state index < -0.39 is 0 Å². The number of nitrogens with two attached hydrogens (primary N) is 1. The standard InChI is InChI=1S/C16H13Cl2N/c17-13-3-6-16(18)12(8-13)7-10-1-2-11-9-14(19)4-5-15(10)11/h3-9H,1-2,19H2. The summed E-state index contributed by atoms with van der Waals surface area (Å²) in [5.41, 5.74) is 11.5. The number of benzene rings is 2. The van der Waals surface area contributed by atoms with Gasteiger partial charge in [-0.15, -0.1) is 0 Å². The predicted octanol–water partition coefficient (Wildman–Crippen LogP) is 5.06. The van der Waals surface area contributed by atoms with Crippen LogP contribution in [-0.4, -0.2) is 0 Å². The second-order valence-corrected chi connectivity index (χ2v) is 5.60. The van der Waals surface area contributed by atoms with Crippen molar-refractivity contribution in [2.75, 3.05) is 5.73 Å². The number of hydrogen-bond donors (Lipinski definition) is 1. The Labute approximate surface area is 122 Å². The summed E-state index contributed by atoms with van der Waals surface area (Å²) in [4.78, 5) is 0. The van der Waals surface area contributed by atoms with E-state index in [0.29, 0.717) is 5.02 Å². The lowest BCUT2D eigenvalue weighted by atomic mass is 10.0. The Bertz CT molecular complexity index is 674. The van der Waals surface area contributed by atoms with Gasteiger partial charge >= 0.3 is 0 Å². The Hall–Kier alpha value is -1.44. The van der Waals surface area contributed by atoms with Crippen LogP contribution in [0, 0.1) is 0 Å². The van der Waals surface area contributed by atoms with Crippen LogP contribution in [0.1, 0.15) is 23.1 Å². The molecule has 0 aliphatic heterocycles. The minimum absolute atomic E-state index is 0.701. The zero-order valence-electron chi connectivity index (χ0n) is 10.3. The summed E-state index contributed by atoms with van der Waals surface area (Å²) >= 11 is 12.2. The highest BCUT2D eigenvalue weighted by molar-refractivity contribution is 6.34. The highest BCUT2D eigenvalue weighted by atomic mass is 35.5. The molecular formula is C16H13Cl2N. The normalized spacial score (nSPS) is 15.8. The Morgan fingerprint density at radius 3 is 2.68 bits per heavy atom. The molecule has 1 aliphatic carbocycles. The van der Waals surface area contributed by atoms with Gasteiger partial charge in [0, 0.05) is 15.7 Å². The van der Waals surface area contributed by atoms with E-state index in [-0.39, 0.29) is 0 Å². The largest absolute Gasteiger partial charge is 0.399 e. The molecule has 19 heavy (non-hydrogen) atoms. The fourth-order valence-corrected chi connectivity index (χ4v) is 2.85. The minimum Gasteiger partial charge on any atom is -0.399 e. The number of aryl methyl sites for hydroxylation is 1. The monoisotopic (exact) mass is 289 g/mol. The Kier molecular flexibility index (Phi) is 3.26. The lowest BCUT2D eigenvalue weighted by Crippen LogP contribution is -1.87. The van der Waals surface area contributed by atoms with Gasteiger partial charge in [-0.1, -0.05) is 29.3 Å². The summed E-state index contributed by atoms with van der Waals surface area (Å²) in [7, 11) is 0. The van der Waals surface area contributed by atoms with E-state index in [1.165, 1.54) is 16.7 Å². The number of nitrogen functional groups attached to an aromatic ring is 1. The fourth-order valence-electron chi connectivity index (χ4n) is 2.50. The van der Waals surface area contributed by atoms with Gasteiger partial charge in [0.1, 0.15) is 0 Å². The highest BCUT2D eigenvalue weighted by Gasteiger charge is 2.16. The first kappa shape index (κ1) is 12.6. The minimum atomic E-state index is 0.701. The van der Waals surface area contributed by atoms with Gasteiger partial charge in [0.2, 0.25) is 0 Å². The van der Waals surface area contributed by atoms with Crippen molar-refractivity contribution >= 4 is 40.5 Å². The summed E-state index contributed by atoms with van der Waals surface area (Å²) in [5.74, 6) is 0. The van der Waals surface area contributed by atoms with Gasteiger partial charge < -0.3 is 5.73 Å². The number of rotatable bonds is 1. The van der Waals surface area contributed by atoms with Crippen molar-refractivity contribution in [3.05, 3.63) is 63.1 Å². The van der Waals surface area contributed by atoms with Crippen molar-refractivity contribution in [2.45, 2.75) is 12.8 Å². The number of hydrogen-bond acceptors (Lipinski definition) is 1. The summed E-state index contributed by atoms with van der Waals surface area (Å²) in [5, 5.41) is 1.42. The molecule has 0 saturated carbocycles. The van der Waals surface area contributed by atoms with Gasteiger partial charge in [-0.2, -0.15) is 0 Å². The van der Waals surface area contributed by atoms with Crippen molar-refractivity contribution in [2.24, 2.45) is 0 Å². The SMILES string of the molecule is Nc1ccc2c(c1)CCC2=Cc1cc(Cl)ccc1Cl. The van der Waals surface area contributed by atoms with Crippen LogP contribution in [0.4, 0.5) is 5.69 Å². The van der Waals surface area contributed by atoms with Crippen LogP contribution in [0.5, 0.6) is 0 Å². The van der Waals surface area contributed by atoms with Gasteiger partial charge in [0.25, 0.3) is 0 Å². The van der Waals surface area contributed by atoms with Crippen LogP contribution >= 0.6 is 23.2 Å². The second kappa shape index (κ2) is 4.92. The molecular weight excluding hydrogens is 277 g/mol. The summed E-state index contributed by atoms with van der Waals surface area (Å²) in [6.07, 6.45) is 4.17. The zero-order valence-corrected chi connectivity index (χ0v) is 11.8. The molecule has 2 aromatic rings. The van der Waals surface area contributed by atoms with Crippen LogP contribution in [0.2, 0.25) is 10.0 Å². The lowest BCUT2D eigenvalue weighted by molar-refractivity contribution is 1.08. The molecule has 3 rings (SSSR count). The van der Waals surface area contributed by atoms with Gasteiger partial charge in [0.05, 0.1) is 0 Å². The summed E-state index contributed by atoms with van der Waals surface area (Å²) in [6.45, 7) is 0. The third-order valence-electron chi connectivity index (χ3n) is 3.43. The van der Waals surface area contributed by atoms with Crippen LogP contribution in [-0.2, 0) is 6.42 Å². The lowest BCUT2D eigenvalue weighted by Gasteiger charge is -2.04. The topological polar surface area (TPSA) is 26.0 Å². The van der Waals surface area contributed by atoms with Crippen LogP contribution in [0.25, 0.3) is 11.6 Å². The van der Waals surface area contributed by atoms with Crippen LogP contribution in [0.15, 0.2) is 36.4 Å². The number of halogens is 2. The van der Waals surface area contributed by atoms with E-state index in [2.05, 4.69) is 18.2 Å². The van der Waals surface area contributed by atoms with Crippen molar-refractivity contribution in [1.29, 1.82) is 0 Å². The Morgan fingerprint density at radius 1 is 1.00 bits per heavy atom. The maximum Gasteiger partial charge on any atom is 0.0479 e. The van der Waals surface area contributed by atoms with Gasteiger partial charge in [-0.25, -0.2) is 0 Å². The van der Waals surface area contributed by atoms with Gasteiger partial charge in [-0.3, -0.25) is 0 Å². The van der Waals surface area contributed by atoms with Crippen molar-refractivity contribution in [1.82, 2.24) is 0 Å². The van der Waals surface area contributed by atoms with E-state index in [1.54, 1.807) is 6.07 Å². The number of allylic oxidation sites excluding steroid dienone is 1. The molecule has 0 amide bonds. The molecule has 0 spiro atoms. The first-order chi connectivity index (χ1) is 9.13. The number of anilines is 1. The third kappa shape index (κ3) is 2.49. The average Bonchev–Trinajstić information content (AvgIpc) is 2.76. The molecule has 0 radical (unpaired) electrons. The zero-order chi connectivity index (χ0) is 13.4. The van der Waals surface area contributed by atoms with Gasteiger partial charge in [0.15, 0.2) is 0 Å². The highest BCUT2D eigenvalue weighted by Crippen LogP contribution is 2.36. The molecule has 0 saturated heterocycles. The van der Waals surface area contributed by atoms with E-state index >= 15 is 0 Å². The van der Waals surface area contributed by atoms with Crippen molar-refractivity contribution in [3.8, 4) is 0 Å². The first-order valence-corrected chi connectivity index (χ1v) is 6.93. The van der Waals surface area contributed by atoms with Crippen LogP contribution in [0.3, 0.4) is 0 Å². The first-order valence-electron chi connectivity index (χ1n) is 6.18. The molecule has 3 heteroatoms. The predicted molar refractivity (Wildman–Crippen MR) is 83.5 cm³/mol. The molecule has 2 N–H and O–H groups in total. The van der Waals surface area contributed by atoms with Crippen molar-refractivity contribution in [3.63, 3.8) is 0 Å². The molecule has 0 aromatic heterocycles. The van der Waals surface area contributed by atoms with E-state index in [0.717, 1.165) is 29.1 Å². The van der Waals surface area contributed by atoms with E-state index in [9.17, 15) is 0 Å². The maximum atomic E-state index is 6.20. The van der Waals surface area contributed by atoms with E-state index in [4.69, 9.17) is 28.9 Å². The molecule has 0 atom stereocenters. The molecule has 0 heterocycles. The third-order valence-corrected chi connectivity index (χ3v) is 4.01. The molecule has 1 nitrogen and oxygen atoms in total. The maximum absolute atomic E-state index is 6.20. The number of fused-ring (bicyclic) bond motifs is 1. The molecule has 0 unspecified atom stereocenters. The average molecular weight is 290 g/mol. The fraction of sp³-hybridized carbons (Fsp3) is 0.125. The quantitative estimate of drug-likeness (QED) is 0.730. The van der Waals surface area contributed by atoms with Gasteiger partial charge in [-0.05, 0) is 71.5 Å². The summed E-state index contributed by atoms with van der Waals surface area (Å²) in [6, 6.07) is 11.6. The molecule has 0 fully saturated rings. The molecule has 96 valence electrons. The van der Waals surface area contributed by atoms with E-state index in [1.807, 2.05) is 18.2 Å². The molecule has 1 aliphatic rings.